The van der Waals surface area contributed by atoms with E-state index in [1.807, 2.05) is 4.90 Å². The number of nitrogens with zero attached hydrogens (tertiary/aromatic N) is 2. The Bertz CT molecular complexity index is 891. The molecular weight excluding hydrogens is 364 g/mol. The largest absolute Gasteiger partial charge is 0.426 e. The molecule has 0 aliphatic carbocycles. The van der Waals surface area contributed by atoms with Crippen molar-refractivity contribution in [3.05, 3.63) is 58.6 Å². The fraction of sp³-hybridized carbons (Fsp3) is 0.333. The molecular formula is C21H21ClN2O3. The van der Waals surface area contributed by atoms with Gasteiger partial charge in [-0.2, -0.15) is 0 Å². The SMILES string of the molecule is Cc1cccc(N2CCN(C(=O)CC3C(=O)Oc4ccc(Cl)cc43)CC2)c1. The quantitative estimate of drug-likeness (QED) is 0.601. The number of benzene rings is 2. The van der Waals surface area contributed by atoms with Crippen LogP contribution in [-0.4, -0.2) is 43.0 Å². The Hall–Kier alpha value is -2.53. The summed E-state index contributed by atoms with van der Waals surface area (Å²) in [5, 5.41) is 0.538. The lowest BCUT2D eigenvalue weighted by Crippen LogP contribution is -2.49. The van der Waals surface area contributed by atoms with Crippen LogP contribution in [0.5, 0.6) is 5.75 Å². The lowest BCUT2D eigenvalue weighted by Gasteiger charge is -2.36. The van der Waals surface area contributed by atoms with Gasteiger partial charge in [0.15, 0.2) is 0 Å². The maximum absolute atomic E-state index is 12.8. The summed E-state index contributed by atoms with van der Waals surface area (Å²) in [6.45, 7) is 4.95. The molecule has 5 nitrogen and oxygen atoms in total. The van der Waals surface area contributed by atoms with Crippen molar-refractivity contribution in [2.24, 2.45) is 0 Å². The number of halogens is 1. The third-order valence-corrected chi connectivity index (χ3v) is 5.46. The van der Waals surface area contributed by atoms with Crippen LogP contribution in [-0.2, 0) is 9.59 Å². The first-order valence-electron chi connectivity index (χ1n) is 9.12. The van der Waals surface area contributed by atoms with E-state index in [2.05, 4.69) is 36.1 Å². The fourth-order valence-electron chi connectivity index (χ4n) is 3.73. The molecule has 0 bridgehead atoms. The van der Waals surface area contributed by atoms with Crippen LogP contribution in [0.4, 0.5) is 5.69 Å². The second-order valence-corrected chi connectivity index (χ2v) is 7.50. The predicted molar refractivity (Wildman–Crippen MR) is 104 cm³/mol. The van der Waals surface area contributed by atoms with Crippen molar-refractivity contribution < 1.29 is 14.3 Å². The molecule has 0 N–H and O–H groups in total. The molecule has 0 spiro atoms. The number of amides is 1. The van der Waals surface area contributed by atoms with Gasteiger partial charge in [-0.1, -0.05) is 23.7 Å². The van der Waals surface area contributed by atoms with Gasteiger partial charge in [0.2, 0.25) is 5.91 Å². The van der Waals surface area contributed by atoms with E-state index in [9.17, 15) is 9.59 Å². The summed E-state index contributed by atoms with van der Waals surface area (Å²) in [5.74, 6) is -0.458. The molecule has 27 heavy (non-hydrogen) atoms. The van der Waals surface area contributed by atoms with Gasteiger partial charge in [-0.25, -0.2) is 0 Å². The van der Waals surface area contributed by atoms with E-state index in [-0.39, 0.29) is 18.3 Å². The first kappa shape index (κ1) is 17.9. The zero-order valence-corrected chi connectivity index (χ0v) is 15.9. The van der Waals surface area contributed by atoms with E-state index in [0.29, 0.717) is 29.4 Å². The average Bonchev–Trinajstić information content (AvgIpc) is 2.97. The lowest BCUT2D eigenvalue weighted by atomic mass is 9.96. The van der Waals surface area contributed by atoms with Crippen LogP contribution >= 0.6 is 11.6 Å². The summed E-state index contributed by atoms with van der Waals surface area (Å²) in [7, 11) is 0. The number of aryl methyl sites for hydroxylation is 1. The van der Waals surface area contributed by atoms with Crippen molar-refractivity contribution in [2.45, 2.75) is 19.3 Å². The Morgan fingerprint density at radius 3 is 2.67 bits per heavy atom. The van der Waals surface area contributed by atoms with Gasteiger partial charge in [0.25, 0.3) is 0 Å². The second kappa shape index (κ2) is 7.24. The minimum absolute atomic E-state index is 0.0198. The molecule has 1 saturated heterocycles. The number of hydrogen-bond donors (Lipinski definition) is 0. The first-order chi connectivity index (χ1) is 13.0. The van der Waals surface area contributed by atoms with E-state index in [4.69, 9.17) is 16.3 Å². The van der Waals surface area contributed by atoms with Crippen molar-refractivity contribution in [1.82, 2.24) is 4.90 Å². The number of piperazine rings is 1. The molecule has 0 aromatic heterocycles. The number of carbonyl (C=O) groups excluding carboxylic acids is 2. The molecule has 1 unspecified atom stereocenters. The smallest absolute Gasteiger partial charge is 0.319 e. The number of rotatable bonds is 3. The Morgan fingerprint density at radius 1 is 1.15 bits per heavy atom. The molecule has 1 fully saturated rings. The third kappa shape index (κ3) is 3.65. The molecule has 1 atom stereocenters. The molecule has 2 aliphatic heterocycles. The highest BCUT2D eigenvalue weighted by Crippen LogP contribution is 2.38. The van der Waals surface area contributed by atoms with Gasteiger partial charge >= 0.3 is 5.97 Å². The van der Waals surface area contributed by atoms with E-state index >= 15 is 0 Å². The Balaban J connectivity index is 1.39. The molecule has 2 aromatic rings. The molecule has 2 aromatic carbocycles. The average molecular weight is 385 g/mol. The summed E-state index contributed by atoms with van der Waals surface area (Å²) in [6.07, 6.45) is 0.122. The first-order valence-corrected chi connectivity index (χ1v) is 9.49. The van der Waals surface area contributed by atoms with Gasteiger partial charge in [-0.05, 0) is 42.8 Å². The number of hydrogen-bond acceptors (Lipinski definition) is 4. The molecule has 140 valence electrons. The Kier molecular flexibility index (Phi) is 4.79. The second-order valence-electron chi connectivity index (χ2n) is 7.07. The summed E-state index contributed by atoms with van der Waals surface area (Å²) in [6, 6.07) is 13.5. The summed E-state index contributed by atoms with van der Waals surface area (Å²) in [4.78, 5) is 29.1. The summed E-state index contributed by atoms with van der Waals surface area (Å²) >= 11 is 6.04. The maximum atomic E-state index is 12.8. The Morgan fingerprint density at radius 2 is 1.93 bits per heavy atom. The maximum Gasteiger partial charge on any atom is 0.319 e. The van der Waals surface area contributed by atoms with E-state index in [1.165, 1.54) is 11.3 Å². The number of anilines is 1. The van der Waals surface area contributed by atoms with Crippen molar-refractivity contribution >= 4 is 29.2 Å². The summed E-state index contributed by atoms with van der Waals surface area (Å²) < 4.78 is 5.27. The van der Waals surface area contributed by atoms with Crippen LogP contribution in [0, 0.1) is 6.92 Å². The molecule has 0 radical (unpaired) electrons. The van der Waals surface area contributed by atoms with Crippen molar-refractivity contribution in [2.75, 3.05) is 31.1 Å². The highest BCUT2D eigenvalue weighted by Gasteiger charge is 2.36. The van der Waals surface area contributed by atoms with Crippen molar-refractivity contribution in [3.8, 4) is 5.75 Å². The number of esters is 1. The molecule has 6 heteroatoms. The zero-order valence-electron chi connectivity index (χ0n) is 15.2. The lowest BCUT2D eigenvalue weighted by molar-refractivity contribution is -0.139. The van der Waals surface area contributed by atoms with E-state index < -0.39 is 5.92 Å². The monoisotopic (exact) mass is 384 g/mol. The van der Waals surface area contributed by atoms with Crippen LogP contribution in [0.15, 0.2) is 42.5 Å². The van der Waals surface area contributed by atoms with Gasteiger partial charge in [0, 0.05) is 48.9 Å². The minimum Gasteiger partial charge on any atom is -0.426 e. The molecule has 1 amide bonds. The van der Waals surface area contributed by atoms with E-state index in [0.717, 1.165) is 13.1 Å². The van der Waals surface area contributed by atoms with E-state index in [1.54, 1.807) is 18.2 Å². The highest BCUT2D eigenvalue weighted by atomic mass is 35.5. The van der Waals surface area contributed by atoms with Crippen LogP contribution in [0.2, 0.25) is 5.02 Å². The molecule has 0 saturated carbocycles. The normalized spacial score (nSPS) is 19.0. The topological polar surface area (TPSA) is 49.9 Å². The van der Waals surface area contributed by atoms with Crippen LogP contribution < -0.4 is 9.64 Å². The highest BCUT2D eigenvalue weighted by molar-refractivity contribution is 6.30. The molecule has 2 aliphatic rings. The summed E-state index contributed by atoms with van der Waals surface area (Å²) in [5.41, 5.74) is 3.12. The van der Waals surface area contributed by atoms with Crippen molar-refractivity contribution in [1.29, 1.82) is 0 Å². The number of fused-ring (bicyclic) bond motifs is 1. The van der Waals surface area contributed by atoms with Crippen LogP contribution in [0.25, 0.3) is 0 Å². The van der Waals surface area contributed by atoms with Gasteiger partial charge in [-0.3, -0.25) is 9.59 Å². The zero-order chi connectivity index (χ0) is 19.0. The predicted octanol–water partition coefficient (Wildman–Crippen LogP) is 3.39. The van der Waals surface area contributed by atoms with Crippen molar-refractivity contribution in [3.63, 3.8) is 0 Å². The number of ether oxygens (including phenoxy) is 1. The molecule has 4 rings (SSSR count). The van der Waals surface area contributed by atoms with Gasteiger partial charge < -0.3 is 14.5 Å². The molecule has 2 heterocycles. The minimum atomic E-state index is -0.569. The Labute approximate surface area is 163 Å². The fourth-order valence-corrected chi connectivity index (χ4v) is 3.91. The third-order valence-electron chi connectivity index (χ3n) is 5.22. The van der Waals surface area contributed by atoms with Crippen LogP contribution in [0.3, 0.4) is 0 Å². The standard InChI is InChI=1S/C21H21ClN2O3/c1-14-3-2-4-16(11-14)23-7-9-24(10-8-23)20(25)13-18-17-12-15(22)5-6-19(17)27-21(18)26/h2-6,11-12,18H,7-10,13H2,1H3. The van der Waals surface area contributed by atoms with Gasteiger partial charge in [0.1, 0.15) is 5.75 Å². The van der Waals surface area contributed by atoms with Gasteiger partial charge in [-0.15, -0.1) is 0 Å². The van der Waals surface area contributed by atoms with Gasteiger partial charge in [0.05, 0.1) is 5.92 Å². The van der Waals surface area contributed by atoms with Crippen LogP contribution in [0.1, 0.15) is 23.5 Å². The number of carbonyl (C=O) groups is 2.